The molecule has 1 fully saturated rings. The molecule has 0 bridgehead atoms. The number of ether oxygens (including phenoxy) is 1. The van der Waals surface area contributed by atoms with Gasteiger partial charge in [0, 0.05) is 5.38 Å². The first-order valence-electron chi connectivity index (χ1n) is 5.54. The molecule has 9 nitrogen and oxygen atoms in total. The molecule has 0 saturated carbocycles. The summed E-state index contributed by atoms with van der Waals surface area (Å²) in [5.41, 5.74) is 3.26. The van der Waals surface area contributed by atoms with Crippen LogP contribution in [0.25, 0.3) is 11.5 Å². The van der Waals surface area contributed by atoms with Gasteiger partial charge >= 0.3 is 12.0 Å². The number of hydrogen-bond donors (Lipinski definition) is 1. The van der Waals surface area contributed by atoms with Crippen molar-refractivity contribution in [2.45, 2.75) is 0 Å². The first-order chi connectivity index (χ1) is 9.63. The number of nitro groups is 1. The van der Waals surface area contributed by atoms with Crippen LogP contribution < -0.4 is 5.43 Å². The average molecular weight is 296 g/mol. The molecule has 1 amide bonds. The number of hydrogen-bond acceptors (Lipinski definition) is 8. The lowest BCUT2D eigenvalue weighted by Gasteiger charge is -2.11. The third kappa shape index (κ3) is 2.28. The highest BCUT2D eigenvalue weighted by Crippen LogP contribution is 2.29. The summed E-state index contributed by atoms with van der Waals surface area (Å²) in [5, 5.41) is 14.0. The van der Waals surface area contributed by atoms with E-state index in [2.05, 4.69) is 10.4 Å². The van der Waals surface area contributed by atoms with E-state index in [1.807, 2.05) is 0 Å². The zero-order valence-corrected chi connectivity index (χ0v) is 10.8. The van der Waals surface area contributed by atoms with E-state index in [1.165, 1.54) is 28.5 Å². The number of thiazole rings is 1. The Hall–Kier alpha value is -2.62. The Bertz CT molecular complexity index is 666. The van der Waals surface area contributed by atoms with E-state index >= 15 is 0 Å². The lowest BCUT2D eigenvalue weighted by molar-refractivity contribution is -0.401. The third-order valence-corrected chi connectivity index (χ3v) is 3.27. The van der Waals surface area contributed by atoms with E-state index < -0.39 is 11.0 Å². The smallest absolute Gasteiger partial charge is 0.433 e. The fourth-order valence-electron chi connectivity index (χ4n) is 1.61. The van der Waals surface area contributed by atoms with Crippen molar-refractivity contribution in [3.05, 3.63) is 27.6 Å². The number of amides is 1. The minimum atomic E-state index is -0.616. The van der Waals surface area contributed by atoms with Crippen LogP contribution in [0.4, 0.5) is 15.8 Å². The molecule has 1 N–H and O–H groups in total. The monoisotopic (exact) mass is 296 g/mol. The third-order valence-electron chi connectivity index (χ3n) is 2.52. The number of carbonyl (C=O) groups is 1. The lowest BCUT2D eigenvalue weighted by Crippen LogP contribution is -2.30. The summed E-state index contributed by atoms with van der Waals surface area (Å²) in [6, 6.07) is 2.74. The molecule has 0 aromatic carbocycles. The first-order valence-corrected chi connectivity index (χ1v) is 6.42. The Morgan fingerprint density at radius 3 is 3.00 bits per heavy atom. The first kappa shape index (κ1) is 12.4. The molecule has 1 aliphatic heterocycles. The number of cyclic esters (lactones) is 1. The zero-order chi connectivity index (χ0) is 14.1. The summed E-state index contributed by atoms with van der Waals surface area (Å²) >= 11 is 1.25. The van der Waals surface area contributed by atoms with Gasteiger partial charge in [-0.05, 0) is 6.07 Å². The van der Waals surface area contributed by atoms with Gasteiger partial charge < -0.3 is 9.15 Å². The van der Waals surface area contributed by atoms with Crippen molar-refractivity contribution in [3.63, 3.8) is 0 Å². The van der Waals surface area contributed by atoms with Gasteiger partial charge in [0.25, 0.3) is 0 Å². The van der Waals surface area contributed by atoms with Crippen molar-refractivity contribution in [2.75, 3.05) is 18.6 Å². The summed E-state index contributed by atoms with van der Waals surface area (Å²) in [7, 11) is 0. The van der Waals surface area contributed by atoms with Crippen LogP contribution in [0.1, 0.15) is 0 Å². The highest BCUT2D eigenvalue weighted by atomic mass is 32.1. The van der Waals surface area contributed by atoms with Crippen molar-refractivity contribution in [2.24, 2.45) is 0 Å². The maximum Gasteiger partial charge on any atom is 0.433 e. The summed E-state index contributed by atoms with van der Waals surface area (Å²) in [4.78, 5) is 25.4. The second-order valence-electron chi connectivity index (χ2n) is 3.81. The summed E-state index contributed by atoms with van der Waals surface area (Å²) in [5.74, 6) is -0.0457. The maximum absolute atomic E-state index is 11.3. The number of rotatable bonds is 4. The normalized spacial score (nSPS) is 14.4. The maximum atomic E-state index is 11.3. The molecule has 1 saturated heterocycles. The Morgan fingerprint density at radius 2 is 2.35 bits per heavy atom. The van der Waals surface area contributed by atoms with Crippen molar-refractivity contribution in [1.82, 2.24) is 9.99 Å². The molecule has 3 rings (SSSR count). The Labute approximate surface area is 115 Å². The summed E-state index contributed by atoms with van der Waals surface area (Å²) in [6.45, 7) is 0.758. The van der Waals surface area contributed by atoms with Gasteiger partial charge in [-0.1, -0.05) is 0 Å². The highest BCUT2D eigenvalue weighted by Gasteiger charge is 2.23. The SMILES string of the molecule is O=C1OCCN1Nc1nc(-c2ccc([N+](=O)[O-])o2)cs1. The average Bonchev–Trinajstić information content (AvgIpc) is 3.11. The van der Waals surface area contributed by atoms with Crippen LogP contribution in [0.5, 0.6) is 0 Å². The molecule has 0 unspecified atom stereocenters. The highest BCUT2D eigenvalue weighted by molar-refractivity contribution is 7.14. The topological polar surface area (TPSA) is 111 Å². The van der Waals surface area contributed by atoms with Crippen molar-refractivity contribution in [3.8, 4) is 11.5 Å². The zero-order valence-electron chi connectivity index (χ0n) is 9.94. The predicted molar refractivity (Wildman–Crippen MR) is 68.1 cm³/mol. The number of nitrogens with zero attached hydrogens (tertiary/aromatic N) is 3. The van der Waals surface area contributed by atoms with E-state index in [4.69, 9.17) is 9.15 Å². The second kappa shape index (κ2) is 4.81. The molecule has 0 atom stereocenters. The number of nitrogens with one attached hydrogen (secondary N) is 1. The van der Waals surface area contributed by atoms with Crippen LogP contribution in [-0.4, -0.2) is 34.2 Å². The fraction of sp³-hybridized carbons (Fsp3) is 0.200. The molecule has 0 spiro atoms. The molecule has 1 aliphatic rings. The van der Waals surface area contributed by atoms with Crippen molar-refractivity contribution < 1.29 is 18.9 Å². The van der Waals surface area contributed by atoms with Gasteiger partial charge in [0.15, 0.2) is 5.76 Å². The Kier molecular flexibility index (Phi) is 2.99. The van der Waals surface area contributed by atoms with E-state index in [9.17, 15) is 14.9 Å². The number of hydrazine groups is 1. The minimum absolute atomic E-state index is 0.296. The predicted octanol–water partition coefficient (Wildman–Crippen LogP) is 2.09. The number of anilines is 1. The molecular weight excluding hydrogens is 288 g/mol. The second-order valence-corrected chi connectivity index (χ2v) is 4.67. The molecule has 20 heavy (non-hydrogen) atoms. The minimum Gasteiger partial charge on any atom is -0.446 e. The number of carbonyl (C=O) groups excluding carboxylic acids is 1. The van der Waals surface area contributed by atoms with Gasteiger partial charge in [-0.2, -0.15) is 0 Å². The van der Waals surface area contributed by atoms with Gasteiger partial charge in [0.2, 0.25) is 5.13 Å². The quantitative estimate of drug-likeness (QED) is 0.679. The van der Waals surface area contributed by atoms with Crippen LogP contribution in [-0.2, 0) is 4.74 Å². The molecule has 0 radical (unpaired) electrons. The molecule has 0 aliphatic carbocycles. The number of aromatic nitrogens is 1. The molecule has 2 aromatic heterocycles. The van der Waals surface area contributed by atoms with E-state index in [0.29, 0.717) is 29.7 Å². The van der Waals surface area contributed by atoms with Crippen LogP contribution in [0.15, 0.2) is 21.9 Å². The van der Waals surface area contributed by atoms with Gasteiger partial charge in [0.1, 0.15) is 17.2 Å². The van der Waals surface area contributed by atoms with Crippen molar-refractivity contribution in [1.29, 1.82) is 0 Å². The van der Waals surface area contributed by atoms with Gasteiger partial charge in [0.05, 0.1) is 12.6 Å². The molecule has 104 valence electrons. The Morgan fingerprint density at radius 1 is 1.50 bits per heavy atom. The van der Waals surface area contributed by atoms with E-state index in [0.717, 1.165) is 0 Å². The van der Waals surface area contributed by atoms with E-state index in [-0.39, 0.29) is 5.88 Å². The largest absolute Gasteiger partial charge is 0.446 e. The molecule has 3 heterocycles. The summed E-state index contributed by atoms with van der Waals surface area (Å²) < 4.78 is 9.81. The van der Waals surface area contributed by atoms with Crippen LogP contribution in [0.2, 0.25) is 0 Å². The van der Waals surface area contributed by atoms with Crippen molar-refractivity contribution >= 4 is 28.4 Å². The van der Waals surface area contributed by atoms with Gasteiger partial charge in [-0.3, -0.25) is 15.5 Å². The molecular formula is C10H8N4O5S. The standard InChI is InChI=1S/C10H8N4O5S/c15-10-13(3-4-18-10)12-9-11-6(5-20-9)7-1-2-8(19-7)14(16)17/h1-2,5H,3-4H2,(H,11,12). The Balaban J connectivity index is 1.75. The van der Waals surface area contributed by atoms with Crippen LogP contribution >= 0.6 is 11.3 Å². The lowest BCUT2D eigenvalue weighted by atomic mass is 10.4. The van der Waals surface area contributed by atoms with E-state index in [1.54, 1.807) is 5.38 Å². The van der Waals surface area contributed by atoms with Gasteiger partial charge in [-0.15, -0.1) is 11.3 Å². The van der Waals surface area contributed by atoms with Crippen LogP contribution in [0, 0.1) is 10.1 Å². The number of furan rings is 1. The van der Waals surface area contributed by atoms with Gasteiger partial charge in [-0.25, -0.2) is 14.8 Å². The molecule has 2 aromatic rings. The summed E-state index contributed by atoms with van der Waals surface area (Å²) in [6.07, 6.45) is -0.463. The molecule has 10 heteroatoms. The fourth-order valence-corrected chi connectivity index (χ4v) is 2.32. The van der Waals surface area contributed by atoms with Crippen LogP contribution in [0.3, 0.4) is 0 Å².